The Labute approximate surface area is 344 Å². The number of likely N-dealkylation sites (N-methyl/N-ethyl adjacent to an activating group) is 1. The monoisotopic (exact) mass is 812 g/mol. The molecule has 7 rings (SSSR count). The largest absolute Gasteiger partial charge is 0.489 e. The minimum atomic E-state index is -4.04. The first-order valence-corrected chi connectivity index (χ1v) is 21.5. The number of hydrogen-bond acceptors (Lipinski definition) is 11. The minimum absolute atomic E-state index is 0.00633. The van der Waals surface area contributed by atoms with E-state index < -0.39 is 99.4 Å². The number of ketones is 1. The summed E-state index contributed by atoms with van der Waals surface area (Å²) in [6.07, 6.45) is 6.20. The van der Waals surface area contributed by atoms with Gasteiger partial charge >= 0.3 is 5.97 Å². The van der Waals surface area contributed by atoms with Crippen LogP contribution in [0.5, 0.6) is 11.6 Å². The van der Waals surface area contributed by atoms with Crippen LogP contribution in [0.25, 0.3) is 10.8 Å². The number of Topliss-reactive ketones (excluding diaryl/α,β-unsaturated/α-hetero) is 1. The first-order chi connectivity index (χ1) is 29.3. The Morgan fingerprint density at radius 3 is 2.65 bits per heavy atom. The fraction of sp³-hybridized carbons (Fsp3) is 0.651. The Balaban J connectivity index is 1.24. The van der Waals surface area contributed by atoms with E-state index in [4.69, 9.17) is 22.4 Å². The highest BCUT2D eigenvalue weighted by Gasteiger charge is 2.62. The molecule has 1 aromatic carbocycles. The lowest BCUT2D eigenvalue weighted by molar-refractivity contribution is -0.160. The van der Waals surface area contributed by atoms with Crippen molar-refractivity contribution in [2.24, 2.45) is 29.1 Å². The van der Waals surface area contributed by atoms with E-state index in [2.05, 4.69) is 14.6 Å². The summed E-state index contributed by atoms with van der Waals surface area (Å²) in [4.78, 5) is 65.7. The highest BCUT2D eigenvalue weighted by molar-refractivity contribution is 7.91. The van der Waals surface area contributed by atoms with Crippen LogP contribution < -0.4 is 19.1 Å². The number of nitrogens with zero attached hydrogens (tertiary/aromatic N) is 3. The smallest absolute Gasteiger partial charge is 0.307 e. The number of fused-ring (bicyclic) bond motifs is 5. The van der Waals surface area contributed by atoms with E-state index in [-0.39, 0.29) is 37.6 Å². The molecule has 1 aromatic heterocycles. The zero-order valence-corrected chi connectivity index (χ0v) is 34.2. The summed E-state index contributed by atoms with van der Waals surface area (Å²) >= 11 is 0. The van der Waals surface area contributed by atoms with Crippen LogP contribution in [-0.4, -0.2) is 91.1 Å². The number of aromatic nitrogens is 1. The fourth-order valence-electron chi connectivity index (χ4n) is 8.83. The van der Waals surface area contributed by atoms with Gasteiger partial charge in [0, 0.05) is 45.1 Å². The number of carbonyl (C=O) groups excluding carboxylic acids is 4. The van der Waals surface area contributed by atoms with E-state index in [9.17, 15) is 22.8 Å². The molecule has 3 aliphatic heterocycles. The van der Waals surface area contributed by atoms with Crippen molar-refractivity contribution in [1.29, 1.82) is 0 Å². The van der Waals surface area contributed by atoms with E-state index in [0.29, 0.717) is 56.4 Å². The van der Waals surface area contributed by atoms with Crippen LogP contribution in [0.15, 0.2) is 36.5 Å². The van der Waals surface area contributed by atoms with Crippen molar-refractivity contribution in [2.75, 3.05) is 31.6 Å². The second kappa shape index (κ2) is 15.2. The van der Waals surface area contributed by atoms with E-state index in [1.807, 2.05) is 44.3 Å². The molecule has 2 saturated carbocycles. The van der Waals surface area contributed by atoms with Crippen molar-refractivity contribution < 1.29 is 50.0 Å². The maximum Gasteiger partial charge on any atom is 0.307 e. The molecule has 310 valence electrons. The number of sulfonamides is 1. The van der Waals surface area contributed by atoms with E-state index >= 15 is 4.79 Å². The normalized spacial score (nSPS) is 32.8. The molecule has 0 bridgehead atoms. The first-order valence-electron chi connectivity index (χ1n) is 23.0. The van der Waals surface area contributed by atoms with E-state index in [0.717, 1.165) is 18.0 Å². The Hall–Kier alpha value is -4.20. The quantitative estimate of drug-likeness (QED) is 0.268. The number of benzene rings is 1. The van der Waals surface area contributed by atoms with Gasteiger partial charge in [-0.05, 0) is 102 Å². The molecule has 2 aromatic rings. The molecule has 1 N–H and O–H groups in total. The molecular formula is C43H58N4O9S. The van der Waals surface area contributed by atoms with Crippen LogP contribution >= 0.6 is 0 Å². The van der Waals surface area contributed by atoms with Gasteiger partial charge in [-0.15, -0.1) is 0 Å². The number of allylic oxidation sites excluding steroid dienone is 2. The molecule has 13 nitrogen and oxygen atoms in total. The standard InChI is InChI=1S/C43H58N4O9S/c1-26-10-8-9-11-28-23-43(28,40(51)45-57(52,53)42(6)15-16-42)24-35(48)34-21-29(25-47(34)39(50)32(27(2)20-26)22-36(49)56-41(3,4)5)55-38-31-12-13-33-37(30(31)14-17-44-38)54-19-18-46(33)7/h9,11-14,17,26-29,32,34H,8,10,15-16,18-25H2,1-7H3,(H,45,51)/b11-9-/t26-,27-,28-,29-,32+,34+,43-/m1/s1/i3D3,4D3. The number of carbonyl (C=O) groups is 4. The zero-order chi connectivity index (χ0) is 46.1. The van der Waals surface area contributed by atoms with E-state index in [1.54, 1.807) is 20.0 Å². The van der Waals surface area contributed by atoms with Crippen molar-refractivity contribution in [2.45, 2.75) is 122 Å². The number of pyridine rings is 1. The predicted molar refractivity (Wildman–Crippen MR) is 215 cm³/mol. The molecule has 3 fully saturated rings. The van der Waals surface area contributed by atoms with Gasteiger partial charge in [0.05, 0.1) is 47.3 Å². The summed E-state index contributed by atoms with van der Waals surface area (Å²) in [5, 5.41) is 1.39. The lowest BCUT2D eigenvalue weighted by atomic mass is 9.82. The summed E-state index contributed by atoms with van der Waals surface area (Å²) < 4.78 is 93.5. The average molecular weight is 813 g/mol. The van der Waals surface area contributed by atoms with Gasteiger partial charge in [0.15, 0.2) is 11.5 Å². The van der Waals surface area contributed by atoms with Crippen molar-refractivity contribution in [3.8, 4) is 11.6 Å². The number of esters is 1. The highest BCUT2D eigenvalue weighted by atomic mass is 32.2. The van der Waals surface area contributed by atoms with Gasteiger partial charge in [-0.2, -0.15) is 0 Å². The average Bonchev–Trinajstić information content (AvgIpc) is 4.07. The minimum Gasteiger partial charge on any atom is -0.489 e. The predicted octanol–water partition coefficient (Wildman–Crippen LogP) is 5.74. The number of amides is 2. The molecule has 0 radical (unpaired) electrons. The Bertz CT molecular complexity index is 2290. The lowest BCUT2D eigenvalue weighted by Crippen LogP contribution is -2.48. The molecule has 2 amide bonds. The molecule has 5 aliphatic rings. The third-order valence-corrected chi connectivity index (χ3v) is 14.9. The first kappa shape index (κ1) is 33.7. The number of ether oxygens (including phenoxy) is 3. The fourth-order valence-corrected chi connectivity index (χ4v) is 10.2. The molecular weight excluding hydrogens is 749 g/mol. The summed E-state index contributed by atoms with van der Waals surface area (Å²) in [7, 11) is -2.08. The number of nitrogens with one attached hydrogen (secondary N) is 1. The summed E-state index contributed by atoms with van der Waals surface area (Å²) in [6.45, 7) is 0.743. The Morgan fingerprint density at radius 1 is 1.14 bits per heavy atom. The van der Waals surface area contributed by atoms with Crippen molar-refractivity contribution in [3.05, 3.63) is 36.5 Å². The summed E-state index contributed by atoms with van der Waals surface area (Å²) in [5.74, 6) is -4.32. The summed E-state index contributed by atoms with van der Waals surface area (Å²) in [6, 6.07) is 4.40. The van der Waals surface area contributed by atoms with Crippen molar-refractivity contribution >= 4 is 50.1 Å². The van der Waals surface area contributed by atoms with Gasteiger partial charge in [-0.1, -0.05) is 26.0 Å². The second-order valence-corrected chi connectivity index (χ2v) is 19.7. The molecule has 57 heavy (non-hydrogen) atoms. The van der Waals surface area contributed by atoms with Crippen molar-refractivity contribution in [3.63, 3.8) is 0 Å². The molecule has 14 heteroatoms. The third kappa shape index (κ3) is 8.38. The molecule has 1 saturated heterocycles. The maximum absolute atomic E-state index is 15.1. The van der Waals surface area contributed by atoms with Gasteiger partial charge in [0.1, 0.15) is 18.3 Å². The molecule has 7 atom stereocenters. The van der Waals surface area contributed by atoms with Crippen LogP contribution in [0.2, 0.25) is 0 Å². The highest BCUT2D eigenvalue weighted by Crippen LogP contribution is 2.58. The van der Waals surface area contributed by atoms with Crippen LogP contribution in [0.4, 0.5) is 5.69 Å². The van der Waals surface area contributed by atoms with Crippen LogP contribution in [0.3, 0.4) is 0 Å². The molecule has 2 aliphatic carbocycles. The van der Waals surface area contributed by atoms with Gasteiger partial charge in [0.25, 0.3) is 0 Å². The molecule has 0 unspecified atom stereocenters. The number of hydrogen-bond donors (Lipinski definition) is 1. The van der Waals surface area contributed by atoms with Gasteiger partial charge in [0.2, 0.25) is 27.7 Å². The lowest BCUT2D eigenvalue weighted by Gasteiger charge is -2.32. The van der Waals surface area contributed by atoms with Gasteiger partial charge in [-0.3, -0.25) is 23.9 Å². The zero-order valence-electron chi connectivity index (χ0n) is 39.3. The van der Waals surface area contributed by atoms with Crippen molar-refractivity contribution in [1.82, 2.24) is 14.6 Å². The second-order valence-electron chi connectivity index (χ2n) is 17.5. The van der Waals surface area contributed by atoms with Gasteiger partial charge < -0.3 is 24.0 Å². The molecule has 4 heterocycles. The Kier molecular flexibility index (Phi) is 8.99. The SMILES string of the molecule is [2H]C([2H])([2H])C(C)(OC(=O)C[C@@H]1C(=O)N2C[C@H](Oc3nccc4c5c(ccc34)N(C)CCO5)C[C@H]2C(=O)C[C@]2(C(=O)NS(=O)(=O)C3(C)CC3)C[C@H]2/C=C\CC[C@@H](C)C[C@H]1C)C([2H])([2H])[2H]. The van der Waals surface area contributed by atoms with Crippen LogP contribution in [0.1, 0.15) is 107 Å². The summed E-state index contributed by atoms with van der Waals surface area (Å²) in [5.41, 5.74) is -3.37. The number of rotatable bonds is 7. The maximum atomic E-state index is 15.1. The Morgan fingerprint density at radius 2 is 1.91 bits per heavy atom. The van der Waals surface area contributed by atoms with E-state index in [1.165, 1.54) is 4.90 Å². The number of anilines is 1. The van der Waals surface area contributed by atoms with Crippen LogP contribution in [0, 0.1) is 29.1 Å². The van der Waals surface area contributed by atoms with Crippen LogP contribution in [-0.2, 0) is 33.9 Å². The molecule has 0 spiro atoms. The topological polar surface area (TPSA) is 162 Å². The van der Waals surface area contributed by atoms with Gasteiger partial charge in [-0.25, -0.2) is 13.4 Å². The third-order valence-electron chi connectivity index (χ3n) is 12.7.